The summed E-state index contributed by atoms with van der Waals surface area (Å²) in [6.45, 7) is 2.77. The third-order valence-corrected chi connectivity index (χ3v) is 4.66. The van der Waals surface area contributed by atoms with Crippen LogP contribution in [0.15, 0.2) is 11.6 Å². The highest BCUT2D eigenvalue weighted by atomic mass is 16.5. The van der Waals surface area contributed by atoms with Crippen LogP contribution in [0.1, 0.15) is 64.7 Å². The fourth-order valence-corrected chi connectivity index (χ4v) is 3.12. The van der Waals surface area contributed by atoms with Crippen LogP contribution in [0.25, 0.3) is 0 Å². The third-order valence-electron chi connectivity index (χ3n) is 4.66. The SMILES string of the molecule is CC(N)CCCOC1CCC(CCC2=CC2)CCC1O. The first-order valence-electron chi connectivity index (χ1n) is 8.38. The van der Waals surface area contributed by atoms with Crippen molar-refractivity contribution in [3.8, 4) is 0 Å². The molecular formula is C17H31NO2. The zero-order chi connectivity index (χ0) is 14.4. The van der Waals surface area contributed by atoms with Gasteiger partial charge < -0.3 is 15.6 Å². The Morgan fingerprint density at radius 1 is 1.35 bits per heavy atom. The van der Waals surface area contributed by atoms with E-state index in [4.69, 9.17) is 10.5 Å². The van der Waals surface area contributed by atoms with Gasteiger partial charge in [0, 0.05) is 12.6 Å². The number of aliphatic hydroxyl groups excluding tert-OH is 1. The number of rotatable bonds is 8. The maximum absolute atomic E-state index is 10.2. The fourth-order valence-electron chi connectivity index (χ4n) is 3.12. The van der Waals surface area contributed by atoms with Gasteiger partial charge in [0.05, 0.1) is 12.2 Å². The smallest absolute Gasteiger partial charge is 0.0834 e. The molecule has 2 aliphatic rings. The third kappa shape index (κ3) is 5.94. The molecular weight excluding hydrogens is 250 g/mol. The normalized spacial score (nSPS) is 31.6. The second kappa shape index (κ2) is 8.16. The van der Waals surface area contributed by atoms with E-state index in [9.17, 15) is 5.11 Å². The van der Waals surface area contributed by atoms with Gasteiger partial charge in [-0.2, -0.15) is 0 Å². The topological polar surface area (TPSA) is 55.5 Å². The number of aliphatic hydroxyl groups is 1. The van der Waals surface area contributed by atoms with E-state index in [2.05, 4.69) is 6.08 Å². The Balaban J connectivity index is 1.64. The Hall–Kier alpha value is -0.380. The molecule has 0 aromatic rings. The summed E-state index contributed by atoms with van der Waals surface area (Å²) < 4.78 is 5.89. The highest BCUT2D eigenvalue weighted by Gasteiger charge is 2.26. The van der Waals surface area contributed by atoms with Crippen molar-refractivity contribution < 1.29 is 9.84 Å². The molecule has 0 bridgehead atoms. The second-order valence-electron chi connectivity index (χ2n) is 6.72. The molecule has 0 saturated heterocycles. The van der Waals surface area contributed by atoms with Gasteiger partial charge in [-0.1, -0.05) is 11.6 Å². The minimum absolute atomic E-state index is 0.0493. The van der Waals surface area contributed by atoms with Crippen molar-refractivity contribution in [2.24, 2.45) is 11.7 Å². The molecule has 0 spiro atoms. The highest BCUT2D eigenvalue weighted by molar-refractivity contribution is 5.21. The second-order valence-corrected chi connectivity index (χ2v) is 6.72. The Bertz CT molecular complexity index is 314. The maximum Gasteiger partial charge on any atom is 0.0834 e. The molecule has 0 aliphatic heterocycles. The van der Waals surface area contributed by atoms with Gasteiger partial charge >= 0.3 is 0 Å². The highest BCUT2D eigenvalue weighted by Crippen LogP contribution is 2.32. The van der Waals surface area contributed by atoms with Gasteiger partial charge in [0.1, 0.15) is 0 Å². The molecule has 0 radical (unpaired) electrons. The number of hydrogen-bond donors (Lipinski definition) is 2. The molecule has 1 saturated carbocycles. The van der Waals surface area contributed by atoms with E-state index in [1.807, 2.05) is 6.92 Å². The lowest BCUT2D eigenvalue weighted by molar-refractivity contribution is -0.0413. The van der Waals surface area contributed by atoms with Crippen LogP contribution in [0.2, 0.25) is 0 Å². The standard InChI is InChI=1S/C17H31NO2/c1-13(18)3-2-12-20-17-11-9-15(8-10-16(17)19)7-6-14-4-5-14/h4,13,15-17,19H,2-3,5-12,18H2,1H3. The molecule has 4 unspecified atom stereocenters. The van der Waals surface area contributed by atoms with Gasteiger partial charge in [0.15, 0.2) is 0 Å². The Labute approximate surface area is 123 Å². The minimum Gasteiger partial charge on any atom is -0.390 e. The molecule has 3 N–H and O–H groups in total. The van der Waals surface area contributed by atoms with Crippen molar-refractivity contribution in [2.45, 2.75) is 83.0 Å². The van der Waals surface area contributed by atoms with Crippen LogP contribution in [0, 0.1) is 5.92 Å². The molecule has 0 amide bonds. The van der Waals surface area contributed by atoms with Gasteiger partial charge in [0.2, 0.25) is 0 Å². The van der Waals surface area contributed by atoms with Crippen LogP contribution in [-0.4, -0.2) is 30.0 Å². The number of nitrogens with two attached hydrogens (primary N) is 1. The van der Waals surface area contributed by atoms with Crippen LogP contribution >= 0.6 is 0 Å². The van der Waals surface area contributed by atoms with Crippen molar-refractivity contribution in [3.05, 3.63) is 11.6 Å². The maximum atomic E-state index is 10.2. The summed E-state index contributed by atoms with van der Waals surface area (Å²) in [6, 6.07) is 0.249. The van der Waals surface area contributed by atoms with Gasteiger partial charge in [-0.25, -0.2) is 0 Å². The molecule has 20 heavy (non-hydrogen) atoms. The predicted octanol–water partition coefficient (Wildman–Crippen LogP) is 3.16. The average molecular weight is 281 g/mol. The van der Waals surface area contributed by atoms with E-state index in [0.29, 0.717) is 0 Å². The zero-order valence-electron chi connectivity index (χ0n) is 12.9. The van der Waals surface area contributed by atoms with Crippen LogP contribution in [0.5, 0.6) is 0 Å². The molecule has 3 heteroatoms. The first-order valence-corrected chi connectivity index (χ1v) is 8.38. The fraction of sp³-hybridized carbons (Fsp3) is 0.882. The first-order chi connectivity index (χ1) is 9.65. The molecule has 1 fully saturated rings. The average Bonchev–Trinajstić information content (AvgIpc) is 3.22. The molecule has 2 rings (SSSR count). The van der Waals surface area contributed by atoms with E-state index in [0.717, 1.165) is 44.6 Å². The lowest BCUT2D eigenvalue weighted by Gasteiger charge is -2.21. The summed E-state index contributed by atoms with van der Waals surface area (Å²) in [7, 11) is 0. The van der Waals surface area contributed by atoms with E-state index < -0.39 is 0 Å². The number of ether oxygens (including phenoxy) is 1. The molecule has 4 atom stereocenters. The van der Waals surface area contributed by atoms with Crippen LogP contribution in [-0.2, 0) is 4.74 Å². The van der Waals surface area contributed by atoms with E-state index in [-0.39, 0.29) is 18.2 Å². The lowest BCUT2D eigenvalue weighted by atomic mass is 9.94. The molecule has 0 aromatic carbocycles. The van der Waals surface area contributed by atoms with E-state index >= 15 is 0 Å². The van der Waals surface area contributed by atoms with Gasteiger partial charge in [-0.3, -0.25) is 0 Å². The van der Waals surface area contributed by atoms with Crippen molar-refractivity contribution in [1.29, 1.82) is 0 Å². The number of hydrogen-bond acceptors (Lipinski definition) is 3. The van der Waals surface area contributed by atoms with Gasteiger partial charge in [0.25, 0.3) is 0 Å². The van der Waals surface area contributed by atoms with Gasteiger partial charge in [-0.15, -0.1) is 0 Å². The quantitative estimate of drug-likeness (QED) is 0.408. The van der Waals surface area contributed by atoms with E-state index in [1.165, 1.54) is 25.7 Å². The molecule has 3 nitrogen and oxygen atoms in total. The summed E-state index contributed by atoms with van der Waals surface area (Å²) in [5.74, 6) is 0.781. The first kappa shape index (κ1) is 16.0. The molecule has 2 aliphatic carbocycles. The minimum atomic E-state index is -0.268. The lowest BCUT2D eigenvalue weighted by Crippen LogP contribution is -2.28. The van der Waals surface area contributed by atoms with Crippen molar-refractivity contribution >= 4 is 0 Å². The van der Waals surface area contributed by atoms with Crippen molar-refractivity contribution in [1.82, 2.24) is 0 Å². The molecule has 116 valence electrons. The summed E-state index contributed by atoms with van der Waals surface area (Å²) in [5, 5.41) is 10.2. The summed E-state index contributed by atoms with van der Waals surface area (Å²) in [6.07, 6.45) is 12.2. The molecule has 0 heterocycles. The monoisotopic (exact) mass is 281 g/mol. The van der Waals surface area contributed by atoms with Gasteiger partial charge in [-0.05, 0) is 70.6 Å². The Morgan fingerprint density at radius 2 is 2.10 bits per heavy atom. The van der Waals surface area contributed by atoms with Crippen molar-refractivity contribution in [2.75, 3.05) is 6.61 Å². The van der Waals surface area contributed by atoms with Crippen LogP contribution in [0.3, 0.4) is 0 Å². The summed E-state index contributed by atoms with van der Waals surface area (Å²) >= 11 is 0. The summed E-state index contributed by atoms with van der Waals surface area (Å²) in [4.78, 5) is 0. The zero-order valence-corrected chi connectivity index (χ0v) is 12.9. The predicted molar refractivity (Wildman–Crippen MR) is 82.5 cm³/mol. The largest absolute Gasteiger partial charge is 0.390 e. The Morgan fingerprint density at radius 3 is 2.80 bits per heavy atom. The molecule has 0 aromatic heterocycles. The summed E-state index contributed by atoms with van der Waals surface area (Å²) in [5.41, 5.74) is 7.37. The van der Waals surface area contributed by atoms with E-state index in [1.54, 1.807) is 5.57 Å². The Kier molecular flexibility index (Phi) is 6.53. The number of allylic oxidation sites excluding steroid dienone is 2. The van der Waals surface area contributed by atoms with Crippen LogP contribution in [0.4, 0.5) is 0 Å². The van der Waals surface area contributed by atoms with Crippen molar-refractivity contribution in [3.63, 3.8) is 0 Å². The van der Waals surface area contributed by atoms with Crippen LogP contribution < -0.4 is 5.73 Å².